The number of ether oxygens (including phenoxy) is 1. The van der Waals surface area contributed by atoms with E-state index in [-0.39, 0.29) is 0 Å². The largest absolute Gasteiger partial charge is 0.494 e. The zero-order valence-electron chi connectivity index (χ0n) is 20.4. The Morgan fingerprint density at radius 2 is 1.82 bits per heavy atom. The highest BCUT2D eigenvalue weighted by atomic mass is 16.5. The molecule has 0 radical (unpaired) electrons. The zero-order chi connectivity index (χ0) is 22.9. The molecule has 2 saturated heterocycles. The third-order valence-corrected chi connectivity index (χ3v) is 6.52. The second-order valence-corrected chi connectivity index (χ2v) is 9.65. The zero-order valence-corrected chi connectivity index (χ0v) is 20.4. The topological polar surface area (TPSA) is 56.8 Å². The molecule has 1 aromatic carbocycles. The van der Waals surface area contributed by atoms with Gasteiger partial charge in [0.1, 0.15) is 11.6 Å². The van der Waals surface area contributed by atoms with E-state index >= 15 is 0 Å². The van der Waals surface area contributed by atoms with Crippen LogP contribution in [-0.2, 0) is 6.54 Å². The molecule has 0 saturated carbocycles. The van der Waals surface area contributed by atoms with Gasteiger partial charge in [-0.2, -0.15) is 4.98 Å². The Bertz CT molecular complexity index is 835. The van der Waals surface area contributed by atoms with E-state index in [1.165, 1.54) is 31.2 Å². The van der Waals surface area contributed by atoms with Crippen LogP contribution in [0.1, 0.15) is 44.1 Å². The standard InChI is InChI=1S/C26H40N6O/c1-30(2)15-7-19-33-24-10-8-22(9-11-24)20-31-18-13-23(21-31)28-26-27-14-12-25(29-26)32-16-5-3-4-6-17-32/h8-12,14,23H,3-7,13,15-21H2,1-2H3,(H,27,28,29). The van der Waals surface area contributed by atoms with E-state index < -0.39 is 0 Å². The number of nitrogens with zero attached hydrogens (tertiary/aromatic N) is 5. The summed E-state index contributed by atoms with van der Waals surface area (Å²) in [5.74, 6) is 2.78. The minimum atomic E-state index is 0.392. The summed E-state index contributed by atoms with van der Waals surface area (Å²) in [5.41, 5.74) is 1.33. The molecule has 0 amide bonds. The third kappa shape index (κ3) is 7.57. The highest BCUT2D eigenvalue weighted by Crippen LogP contribution is 2.21. The quantitative estimate of drug-likeness (QED) is 0.549. The summed E-state index contributed by atoms with van der Waals surface area (Å²) in [5, 5.41) is 3.58. The maximum Gasteiger partial charge on any atom is 0.224 e. The second kappa shape index (κ2) is 12.2. The molecular weight excluding hydrogens is 412 g/mol. The molecule has 4 rings (SSSR count). The predicted octanol–water partition coefficient (Wildman–Crippen LogP) is 3.87. The van der Waals surface area contributed by atoms with Crippen LogP contribution in [0, 0.1) is 0 Å². The van der Waals surface area contributed by atoms with E-state index in [1.54, 1.807) is 0 Å². The van der Waals surface area contributed by atoms with Gasteiger partial charge in [-0.15, -0.1) is 0 Å². The summed E-state index contributed by atoms with van der Waals surface area (Å²) in [4.78, 5) is 16.4. The maximum absolute atomic E-state index is 5.86. The van der Waals surface area contributed by atoms with Gasteiger partial charge in [0.25, 0.3) is 0 Å². The molecular formula is C26H40N6O. The fraction of sp³-hybridized carbons (Fsp3) is 0.615. The van der Waals surface area contributed by atoms with Crippen LogP contribution in [0.15, 0.2) is 36.5 Å². The fourth-order valence-electron chi connectivity index (χ4n) is 4.69. The molecule has 0 bridgehead atoms. The number of anilines is 2. The molecule has 3 heterocycles. The monoisotopic (exact) mass is 452 g/mol. The number of rotatable bonds is 10. The SMILES string of the molecule is CN(C)CCCOc1ccc(CN2CCC(Nc3nccc(N4CCCCCC4)n3)C2)cc1. The smallest absolute Gasteiger partial charge is 0.224 e. The molecule has 180 valence electrons. The van der Waals surface area contributed by atoms with Gasteiger partial charge >= 0.3 is 0 Å². The Kier molecular flexibility index (Phi) is 8.78. The van der Waals surface area contributed by atoms with Crippen molar-refractivity contribution < 1.29 is 4.74 Å². The van der Waals surface area contributed by atoms with Crippen LogP contribution in [0.5, 0.6) is 5.75 Å². The molecule has 2 aliphatic rings. The summed E-state index contributed by atoms with van der Waals surface area (Å²) in [7, 11) is 4.18. The highest BCUT2D eigenvalue weighted by Gasteiger charge is 2.23. The van der Waals surface area contributed by atoms with Gasteiger partial charge in [-0.05, 0) is 63.5 Å². The van der Waals surface area contributed by atoms with E-state index in [0.29, 0.717) is 6.04 Å². The minimum absolute atomic E-state index is 0.392. The molecule has 2 aromatic rings. The summed E-state index contributed by atoms with van der Waals surface area (Å²) in [6.07, 6.45) is 9.23. The number of nitrogens with one attached hydrogen (secondary N) is 1. The molecule has 0 aliphatic carbocycles. The molecule has 33 heavy (non-hydrogen) atoms. The van der Waals surface area contributed by atoms with Crippen LogP contribution in [-0.4, -0.2) is 79.2 Å². The van der Waals surface area contributed by atoms with Crippen molar-refractivity contribution in [1.29, 1.82) is 0 Å². The van der Waals surface area contributed by atoms with Gasteiger partial charge in [0, 0.05) is 51.5 Å². The van der Waals surface area contributed by atoms with Crippen molar-refractivity contribution in [2.45, 2.75) is 51.1 Å². The highest BCUT2D eigenvalue weighted by molar-refractivity contribution is 5.43. The molecule has 1 atom stereocenters. The van der Waals surface area contributed by atoms with Gasteiger partial charge in [-0.25, -0.2) is 4.98 Å². The number of hydrogen-bond donors (Lipinski definition) is 1. The number of aromatic nitrogens is 2. The lowest BCUT2D eigenvalue weighted by Gasteiger charge is -2.22. The lowest BCUT2D eigenvalue weighted by Crippen LogP contribution is -2.28. The van der Waals surface area contributed by atoms with Crippen molar-refractivity contribution in [3.63, 3.8) is 0 Å². The molecule has 2 aliphatic heterocycles. The first-order chi connectivity index (χ1) is 16.2. The van der Waals surface area contributed by atoms with Gasteiger partial charge in [-0.1, -0.05) is 25.0 Å². The summed E-state index contributed by atoms with van der Waals surface area (Å²) in [6.45, 7) is 7.09. The van der Waals surface area contributed by atoms with Gasteiger partial charge < -0.3 is 19.9 Å². The van der Waals surface area contributed by atoms with Crippen LogP contribution in [0.25, 0.3) is 0 Å². The van der Waals surface area contributed by atoms with Crippen LogP contribution >= 0.6 is 0 Å². The normalized spacial score (nSPS) is 19.6. The summed E-state index contributed by atoms with van der Waals surface area (Å²) in [6, 6.07) is 11.0. The fourth-order valence-corrected chi connectivity index (χ4v) is 4.69. The second-order valence-electron chi connectivity index (χ2n) is 9.65. The lowest BCUT2D eigenvalue weighted by molar-refractivity contribution is 0.281. The first-order valence-electron chi connectivity index (χ1n) is 12.6. The van der Waals surface area contributed by atoms with E-state index in [2.05, 4.69) is 63.4 Å². The Hall–Kier alpha value is -2.38. The number of benzene rings is 1. The van der Waals surface area contributed by atoms with Crippen LogP contribution < -0.4 is 15.0 Å². The Balaban J connectivity index is 1.22. The molecule has 2 fully saturated rings. The van der Waals surface area contributed by atoms with Gasteiger partial charge in [0.05, 0.1) is 6.61 Å². The molecule has 7 nitrogen and oxygen atoms in total. The third-order valence-electron chi connectivity index (χ3n) is 6.52. The van der Waals surface area contributed by atoms with Crippen molar-refractivity contribution in [2.75, 3.05) is 63.6 Å². The first kappa shape index (κ1) is 23.8. The average molecular weight is 453 g/mol. The van der Waals surface area contributed by atoms with Crippen molar-refractivity contribution in [3.8, 4) is 5.75 Å². The molecule has 7 heteroatoms. The number of likely N-dealkylation sites (tertiary alicyclic amines) is 1. The maximum atomic E-state index is 5.86. The van der Waals surface area contributed by atoms with Crippen LogP contribution in [0.2, 0.25) is 0 Å². The summed E-state index contributed by atoms with van der Waals surface area (Å²) >= 11 is 0. The lowest BCUT2D eigenvalue weighted by atomic mass is 10.2. The average Bonchev–Trinajstić information content (AvgIpc) is 3.07. The van der Waals surface area contributed by atoms with Crippen LogP contribution in [0.4, 0.5) is 11.8 Å². The van der Waals surface area contributed by atoms with Crippen LogP contribution in [0.3, 0.4) is 0 Å². The van der Waals surface area contributed by atoms with E-state index in [4.69, 9.17) is 9.72 Å². The van der Waals surface area contributed by atoms with E-state index in [0.717, 1.165) is 76.2 Å². The van der Waals surface area contributed by atoms with E-state index in [1.807, 2.05) is 12.3 Å². The minimum Gasteiger partial charge on any atom is -0.494 e. The van der Waals surface area contributed by atoms with Crippen molar-refractivity contribution in [2.24, 2.45) is 0 Å². The number of hydrogen-bond acceptors (Lipinski definition) is 7. The molecule has 1 aromatic heterocycles. The van der Waals surface area contributed by atoms with Gasteiger partial charge in [0.15, 0.2) is 0 Å². The van der Waals surface area contributed by atoms with Gasteiger partial charge in [0.2, 0.25) is 5.95 Å². The van der Waals surface area contributed by atoms with Crippen molar-refractivity contribution in [1.82, 2.24) is 19.8 Å². The Morgan fingerprint density at radius 1 is 1.03 bits per heavy atom. The Labute approximate surface area is 199 Å². The Morgan fingerprint density at radius 3 is 2.58 bits per heavy atom. The first-order valence-corrected chi connectivity index (χ1v) is 12.6. The molecule has 1 unspecified atom stereocenters. The molecule has 0 spiro atoms. The van der Waals surface area contributed by atoms with E-state index in [9.17, 15) is 0 Å². The summed E-state index contributed by atoms with van der Waals surface area (Å²) < 4.78 is 5.86. The molecule has 1 N–H and O–H groups in total. The van der Waals surface area contributed by atoms with Crippen molar-refractivity contribution in [3.05, 3.63) is 42.1 Å². The van der Waals surface area contributed by atoms with Gasteiger partial charge in [-0.3, -0.25) is 4.90 Å². The predicted molar refractivity (Wildman–Crippen MR) is 135 cm³/mol. The van der Waals surface area contributed by atoms with Crippen molar-refractivity contribution >= 4 is 11.8 Å².